The largest absolute Gasteiger partial charge is 0.341 e. The molecular formula is C22H28N4O2. The Morgan fingerprint density at radius 2 is 1.71 bits per heavy atom. The molecule has 6 nitrogen and oxygen atoms in total. The maximum Gasteiger partial charge on any atom is 0.321 e. The van der Waals surface area contributed by atoms with Crippen molar-refractivity contribution < 1.29 is 9.59 Å². The van der Waals surface area contributed by atoms with Crippen LogP contribution in [0.1, 0.15) is 22.7 Å². The number of piperazine rings is 1. The van der Waals surface area contributed by atoms with Crippen LogP contribution >= 0.6 is 0 Å². The zero-order valence-electron chi connectivity index (χ0n) is 16.5. The molecule has 0 aromatic heterocycles. The Kier molecular flexibility index (Phi) is 6.79. The van der Waals surface area contributed by atoms with Crippen molar-refractivity contribution in [2.75, 3.05) is 33.2 Å². The second kappa shape index (κ2) is 9.48. The lowest BCUT2D eigenvalue weighted by atomic mass is 10.0. The molecule has 2 N–H and O–H groups in total. The number of nitrogens with one attached hydrogen (secondary N) is 2. The summed E-state index contributed by atoms with van der Waals surface area (Å²) in [5.41, 5.74) is 3.48. The summed E-state index contributed by atoms with van der Waals surface area (Å²) in [5, 5.41) is 4.88. The van der Waals surface area contributed by atoms with E-state index in [0.717, 1.165) is 38.3 Å². The Labute approximate surface area is 166 Å². The van der Waals surface area contributed by atoms with Gasteiger partial charge in [-0.05, 0) is 18.1 Å². The molecule has 2 aromatic rings. The van der Waals surface area contributed by atoms with Gasteiger partial charge < -0.3 is 5.32 Å². The Bertz CT molecular complexity index is 801. The van der Waals surface area contributed by atoms with E-state index in [4.69, 9.17) is 0 Å². The first-order valence-corrected chi connectivity index (χ1v) is 9.66. The lowest BCUT2D eigenvalue weighted by Gasteiger charge is -2.38. The molecule has 1 aliphatic heterocycles. The summed E-state index contributed by atoms with van der Waals surface area (Å²) in [6.45, 7) is 6.32. The average Bonchev–Trinajstić information content (AvgIpc) is 2.70. The van der Waals surface area contributed by atoms with Gasteiger partial charge in [-0.25, -0.2) is 4.79 Å². The van der Waals surface area contributed by atoms with Crippen LogP contribution in [0.5, 0.6) is 0 Å². The van der Waals surface area contributed by atoms with Crippen molar-refractivity contribution in [3.05, 3.63) is 71.3 Å². The number of imide groups is 1. The summed E-state index contributed by atoms with van der Waals surface area (Å²) >= 11 is 0. The summed E-state index contributed by atoms with van der Waals surface area (Å²) in [5.74, 6) is -0.294. The summed E-state index contributed by atoms with van der Waals surface area (Å²) in [6.07, 6.45) is 0. The average molecular weight is 380 g/mol. The second-order valence-corrected chi connectivity index (χ2v) is 7.18. The maximum absolute atomic E-state index is 12.8. The molecule has 3 amide bonds. The quantitative estimate of drug-likeness (QED) is 0.836. The third-order valence-corrected chi connectivity index (χ3v) is 5.09. The SMILES string of the molecule is CNC(=O)NC(=O)C(c1ccccc1)N1CCN(Cc2cccc(C)c2)CC1. The first kappa shape index (κ1) is 20.0. The molecule has 3 rings (SSSR count). The van der Waals surface area contributed by atoms with Crippen LogP contribution < -0.4 is 10.6 Å². The van der Waals surface area contributed by atoms with Crippen molar-refractivity contribution in [1.82, 2.24) is 20.4 Å². The van der Waals surface area contributed by atoms with Crippen LogP contribution in [0.2, 0.25) is 0 Å². The summed E-state index contributed by atoms with van der Waals surface area (Å²) in [6, 6.07) is 17.3. The van der Waals surface area contributed by atoms with Crippen LogP contribution in [0.3, 0.4) is 0 Å². The van der Waals surface area contributed by atoms with Crippen molar-refractivity contribution in [1.29, 1.82) is 0 Å². The van der Waals surface area contributed by atoms with Gasteiger partial charge >= 0.3 is 6.03 Å². The number of hydrogen-bond acceptors (Lipinski definition) is 4. The number of rotatable bonds is 5. The third kappa shape index (κ3) is 5.18. The molecule has 1 unspecified atom stereocenters. The number of amides is 3. The minimum atomic E-state index is -0.482. The lowest BCUT2D eigenvalue weighted by molar-refractivity contribution is -0.126. The number of hydrogen-bond donors (Lipinski definition) is 2. The molecule has 28 heavy (non-hydrogen) atoms. The van der Waals surface area contributed by atoms with Crippen LogP contribution in [0.15, 0.2) is 54.6 Å². The van der Waals surface area contributed by atoms with E-state index in [1.807, 2.05) is 30.3 Å². The molecule has 0 aliphatic carbocycles. The fourth-order valence-corrected chi connectivity index (χ4v) is 3.65. The van der Waals surface area contributed by atoms with Gasteiger partial charge in [0, 0.05) is 39.8 Å². The van der Waals surface area contributed by atoms with Gasteiger partial charge in [0.2, 0.25) is 5.91 Å². The van der Waals surface area contributed by atoms with Crippen molar-refractivity contribution in [2.24, 2.45) is 0 Å². The number of nitrogens with zero attached hydrogens (tertiary/aromatic N) is 2. The van der Waals surface area contributed by atoms with E-state index >= 15 is 0 Å². The Hall–Kier alpha value is -2.70. The van der Waals surface area contributed by atoms with Gasteiger partial charge in [0.1, 0.15) is 6.04 Å². The van der Waals surface area contributed by atoms with E-state index in [1.165, 1.54) is 18.2 Å². The van der Waals surface area contributed by atoms with Crippen molar-refractivity contribution in [3.8, 4) is 0 Å². The zero-order valence-corrected chi connectivity index (χ0v) is 16.5. The molecule has 0 radical (unpaired) electrons. The van der Waals surface area contributed by atoms with Gasteiger partial charge in [-0.1, -0.05) is 60.2 Å². The molecule has 148 valence electrons. The molecule has 1 heterocycles. The number of urea groups is 1. The molecule has 0 saturated carbocycles. The summed E-state index contributed by atoms with van der Waals surface area (Å²) < 4.78 is 0. The molecule has 1 fully saturated rings. The number of benzene rings is 2. The molecule has 2 aromatic carbocycles. The summed E-state index contributed by atoms with van der Waals surface area (Å²) in [4.78, 5) is 29.0. The van der Waals surface area contributed by atoms with Crippen molar-refractivity contribution in [2.45, 2.75) is 19.5 Å². The predicted octanol–water partition coefficient (Wildman–Crippen LogP) is 2.31. The van der Waals surface area contributed by atoms with Gasteiger partial charge in [0.25, 0.3) is 0 Å². The smallest absolute Gasteiger partial charge is 0.321 e. The fourth-order valence-electron chi connectivity index (χ4n) is 3.65. The van der Waals surface area contributed by atoms with Gasteiger partial charge in [0.05, 0.1) is 0 Å². The molecular weight excluding hydrogens is 352 g/mol. The van der Waals surface area contributed by atoms with Crippen LogP contribution in [-0.2, 0) is 11.3 Å². The van der Waals surface area contributed by atoms with Crippen LogP contribution in [-0.4, -0.2) is 55.0 Å². The second-order valence-electron chi connectivity index (χ2n) is 7.18. The number of aryl methyl sites for hydroxylation is 1. The van der Waals surface area contributed by atoms with Gasteiger partial charge in [-0.2, -0.15) is 0 Å². The third-order valence-electron chi connectivity index (χ3n) is 5.09. The maximum atomic E-state index is 12.8. The van der Waals surface area contributed by atoms with Crippen LogP contribution in [0.25, 0.3) is 0 Å². The fraction of sp³-hybridized carbons (Fsp3) is 0.364. The number of carbonyl (C=O) groups excluding carboxylic acids is 2. The normalized spacial score (nSPS) is 16.4. The molecule has 0 spiro atoms. The Balaban J connectivity index is 1.67. The number of carbonyl (C=O) groups is 2. The minimum absolute atomic E-state index is 0.294. The van der Waals surface area contributed by atoms with Crippen molar-refractivity contribution in [3.63, 3.8) is 0 Å². The standard InChI is InChI=1S/C22H28N4O2/c1-17-7-6-8-18(15-17)16-25-11-13-26(14-12-25)20(19-9-4-3-5-10-19)21(27)24-22(28)23-2/h3-10,15,20H,11-14,16H2,1-2H3,(H2,23,24,27,28). The van der Waals surface area contributed by atoms with Crippen molar-refractivity contribution >= 4 is 11.9 Å². The van der Waals surface area contributed by atoms with Gasteiger partial charge in [0.15, 0.2) is 0 Å². The highest BCUT2D eigenvalue weighted by atomic mass is 16.2. The highest BCUT2D eigenvalue weighted by Crippen LogP contribution is 2.23. The highest BCUT2D eigenvalue weighted by Gasteiger charge is 2.31. The lowest BCUT2D eigenvalue weighted by Crippen LogP contribution is -2.52. The first-order valence-electron chi connectivity index (χ1n) is 9.66. The van der Waals surface area contributed by atoms with E-state index < -0.39 is 12.1 Å². The molecule has 1 atom stereocenters. The van der Waals surface area contributed by atoms with E-state index in [1.54, 1.807) is 0 Å². The van der Waals surface area contributed by atoms with Gasteiger partial charge in [-0.15, -0.1) is 0 Å². The predicted molar refractivity (Wildman–Crippen MR) is 110 cm³/mol. The first-order chi connectivity index (χ1) is 13.6. The topological polar surface area (TPSA) is 64.7 Å². The monoisotopic (exact) mass is 380 g/mol. The van der Waals surface area contributed by atoms with Crippen LogP contribution in [0.4, 0.5) is 4.79 Å². The highest BCUT2D eigenvalue weighted by molar-refractivity contribution is 5.97. The summed E-state index contributed by atoms with van der Waals surface area (Å²) in [7, 11) is 1.50. The molecule has 1 aliphatic rings. The van der Waals surface area contributed by atoms with Gasteiger partial charge in [-0.3, -0.25) is 19.9 Å². The zero-order chi connectivity index (χ0) is 19.9. The van der Waals surface area contributed by atoms with E-state index in [-0.39, 0.29) is 5.91 Å². The Morgan fingerprint density at radius 1 is 1.00 bits per heavy atom. The molecule has 1 saturated heterocycles. The van der Waals surface area contributed by atoms with Crippen LogP contribution in [0, 0.1) is 6.92 Å². The van der Waals surface area contributed by atoms with E-state index in [2.05, 4.69) is 51.6 Å². The molecule has 6 heteroatoms. The minimum Gasteiger partial charge on any atom is -0.341 e. The Morgan fingerprint density at radius 3 is 2.36 bits per heavy atom. The molecule has 0 bridgehead atoms. The van der Waals surface area contributed by atoms with E-state index in [9.17, 15) is 9.59 Å². The van der Waals surface area contributed by atoms with E-state index in [0.29, 0.717) is 0 Å².